The third kappa shape index (κ3) is 3.73. The van der Waals surface area contributed by atoms with Crippen LogP contribution in [0.3, 0.4) is 0 Å². The number of halogens is 3. The van der Waals surface area contributed by atoms with Crippen LogP contribution in [0.4, 0.5) is 13.2 Å². The number of aromatic nitrogens is 2. The maximum Gasteiger partial charge on any atom is 0.417 e. The Kier molecular flexibility index (Phi) is 5.02. The van der Waals surface area contributed by atoms with Gasteiger partial charge in [0.05, 0.1) is 17.4 Å². The molecule has 3 N–H and O–H groups in total. The van der Waals surface area contributed by atoms with Crippen LogP contribution in [0.25, 0.3) is 5.65 Å². The number of carbonyl (C=O) groups excluding carboxylic acids is 1. The van der Waals surface area contributed by atoms with Crippen molar-refractivity contribution < 1.29 is 33.0 Å². The van der Waals surface area contributed by atoms with Crippen LogP contribution < -0.4 is 5.32 Å². The Hall–Kier alpha value is -2.62. The van der Waals surface area contributed by atoms with Gasteiger partial charge in [0.2, 0.25) is 0 Å². The molecule has 25 heavy (non-hydrogen) atoms. The first-order valence-corrected chi connectivity index (χ1v) is 7.36. The molecule has 0 aliphatic carbocycles. The van der Waals surface area contributed by atoms with Gasteiger partial charge in [0, 0.05) is 6.20 Å². The normalized spacial score (nSPS) is 14.3. The summed E-state index contributed by atoms with van der Waals surface area (Å²) in [5.41, 5.74) is -0.833. The smallest absolute Gasteiger partial charge is 0.417 e. The van der Waals surface area contributed by atoms with Gasteiger partial charge in [0.15, 0.2) is 6.04 Å². The second kappa shape index (κ2) is 6.71. The van der Waals surface area contributed by atoms with Gasteiger partial charge >= 0.3 is 12.1 Å². The van der Waals surface area contributed by atoms with E-state index in [0.717, 1.165) is 22.7 Å². The number of alkyl halides is 3. The number of aliphatic hydroxyl groups excluding tert-OH is 1. The van der Waals surface area contributed by atoms with Crippen molar-refractivity contribution in [3.8, 4) is 0 Å². The zero-order valence-electron chi connectivity index (χ0n) is 13.3. The average Bonchev–Trinajstić information content (AvgIpc) is 2.88. The first-order chi connectivity index (χ1) is 11.6. The number of amides is 1. The Morgan fingerprint density at radius 3 is 2.48 bits per heavy atom. The zero-order valence-corrected chi connectivity index (χ0v) is 13.3. The van der Waals surface area contributed by atoms with E-state index in [1.807, 2.05) is 0 Å². The van der Waals surface area contributed by atoms with Crippen LogP contribution in [0.1, 0.15) is 35.6 Å². The number of nitrogens with zero attached hydrogens (tertiary/aromatic N) is 2. The number of imidazole rings is 1. The third-order valence-electron chi connectivity index (χ3n) is 3.60. The number of carboxylic acids is 1. The number of pyridine rings is 1. The Balaban J connectivity index is 2.54. The van der Waals surface area contributed by atoms with Crippen LogP contribution in [0.15, 0.2) is 18.3 Å². The lowest BCUT2D eigenvalue weighted by Gasteiger charge is -2.17. The lowest BCUT2D eigenvalue weighted by Crippen LogP contribution is -2.48. The molecule has 0 saturated carbocycles. The summed E-state index contributed by atoms with van der Waals surface area (Å²) < 4.78 is 39.7. The zero-order chi connectivity index (χ0) is 18.9. The second-order valence-corrected chi connectivity index (χ2v) is 5.43. The molecule has 0 saturated heterocycles. The van der Waals surface area contributed by atoms with Crippen LogP contribution >= 0.6 is 0 Å². The molecular weight excluding hydrogens is 343 g/mol. The van der Waals surface area contributed by atoms with Crippen molar-refractivity contribution in [2.45, 2.75) is 38.6 Å². The number of aryl methyl sites for hydroxylation is 1. The number of rotatable bonds is 5. The lowest BCUT2D eigenvalue weighted by molar-refractivity contribution is -0.142. The number of hydrogen-bond acceptors (Lipinski definition) is 4. The Morgan fingerprint density at radius 1 is 1.36 bits per heavy atom. The number of fused-ring (bicyclic) bond motifs is 1. The quantitative estimate of drug-likeness (QED) is 0.750. The van der Waals surface area contributed by atoms with Crippen molar-refractivity contribution >= 4 is 17.5 Å². The fourth-order valence-corrected chi connectivity index (χ4v) is 2.35. The topological polar surface area (TPSA) is 104 Å². The van der Waals surface area contributed by atoms with Crippen LogP contribution in [0.5, 0.6) is 0 Å². The van der Waals surface area contributed by atoms with Crippen molar-refractivity contribution in [2.75, 3.05) is 0 Å². The molecule has 10 heteroatoms. The largest absolute Gasteiger partial charge is 0.480 e. The Labute approximate surface area is 140 Å². The fourth-order valence-electron chi connectivity index (χ4n) is 2.35. The molecule has 0 radical (unpaired) electrons. The Morgan fingerprint density at radius 2 is 2.00 bits per heavy atom. The molecule has 0 bridgehead atoms. The summed E-state index contributed by atoms with van der Waals surface area (Å²) in [6.07, 6.45) is -5.02. The highest BCUT2D eigenvalue weighted by Crippen LogP contribution is 2.30. The van der Waals surface area contributed by atoms with E-state index in [0.29, 0.717) is 0 Å². The number of hydrogen-bond donors (Lipinski definition) is 3. The number of carboxylic acid groups (broad SMARTS) is 1. The van der Waals surface area contributed by atoms with Gasteiger partial charge in [-0.3, -0.25) is 9.20 Å². The third-order valence-corrected chi connectivity index (χ3v) is 3.60. The molecule has 2 rings (SSSR count). The monoisotopic (exact) mass is 359 g/mol. The summed E-state index contributed by atoms with van der Waals surface area (Å²) in [5.74, 6) is -2.40. The van der Waals surface area contributed by atoms with Crippen molar-refractivity contribution in [3.63, 3.8) is 0 Å². The van der Waals surface area contributed by atoms with E-state index in [1.165, 1.54) is 6.92 Å². The maximum atomic E-state index is 12.9. The number of aliphatic hydroxyl groups is 1. The molecule has 2 unspecified atom stereocenters. The summed E-state index contributed by atoms with van der Waals surface area (Å²) in [5, 5.41) is 20.6. The molecule has 136 valence electrons. The van der Waals surface area contributed by atoms with Gasteiger partial charge in [-0.05, 0) is 25.5 Å². The van der Waals surface area contributed by atoms with Gasteiger partial charge in [-0.2, -0.15) is 13.2 Å². The maximum absolute atomic E-state index is 12.9. The van der Waals surface area contributed by atoms with Crippen molar-refractivity contribution in [1.82, 2.24) is 14.7 Å². The van der Waals surface area contributed by atoms with E-state index >= 15 is 0 Å². The van der Waals surface area contributed by atoms with E-state index in [9.17, 15) is 27.9 Å². The summed E-state index contributed by atoms with van der Waals surface area (Å²) in [4.78, 5) is 27.7. The standard InChI is InChI=1S/C15H16F3N3O4/c1-3-9-12(13(23)20-11(7(2)22)14(24)25)21-6-8(15(16,17)18)4-5-10(21)19-9/h4-7,11,22H,3H2,1-2H3,(H,20,23)(H,24,25). The molecule has 0 aliphatic heterocycles. The molecule has 0 fully saturated rings. The van der Waals surface area contributed by atoms with E-state index < -0.39 is 35.8 Å². The van der Waals surface area contributed by atoms with E-state index in [-0.39, 0.29) is 23.5 Å². The predicted octanol–water partition coefficient (Wildman–Crippen LogP) is 1.48. The van der Waals surface area contributed by atoms with Crippen LogP contribution in [0, 0.1) is 0 Å². The minimum Gasteiger partial charge on any atom is -0.480 e. The molecule has 0 aliphatic rings. The molecule has 2 heterocycles. The van der Waals surface area contributed by atoms with Crippen molar-refractivity contribution in [1.29, 1.82) is 0 Å². The highest BCUT2D eigenvalue weighted by molar-refractivity contribution is 5.97. The lowest BCUT2D eigenvalue weighted by atomic mass is 10.1. The SMILES string of the molecule is CCc1nc2ccc(C(F)(F)F)cn2c1C(=O)NC(C(=O)O)C(C)O. The first kappa shape index (κ1) is 18.7. The second-order valence-electron chi connectivity index (χ2n) is 5.43. The molecule has 2 atom stereocenters. The summed E-state index contributed by atoms with van der Waals surface area (Å²) in [7, 11) is 0. The van der Waals surface area contributed by atoms with Gasteiger partial charge in [0.25, 0.3) is 5.91 Å². The van der Waals surface area contributed by atoms with Gasteiger partial charge in [-0.15, -0.1) is 0 Å². The Bertz CT molecular complexity index is 814. The highest BCUT2D eigenvalue weighted by Gasteiger charge is 2.32. The van der Waals surface area contributed by atoms with E-state index in [1.54, 1.807) is 6.92 Å². The minimum absolute atomic E-state index is 0.124. The number of carbonyl (C=O) groups is 2. The molecule has 2 aromatic heterocycles. The van der Waals surface area contributed by atoms with Crippen LogP contribution in [-0.4, -0.2) is 43.6 Å². The van der Waals surface area contributed by atoms with Gasteiger partial charge < -0.3 is 15.5 Å². The van der Waals surface area contributed by atoms with Gasteiger partial charge in [-0.1, -0.05) is 6.92 Å². The van der Waals surface area contributed by atoms with Gasteiger partial charge in [-0.25, -0.2) is 9.78 Å². The molecule has 1 amide bonds. The van der Waals surface area contributed by atoms with E-state index in [2.05, 4.69) is 10.3 Å². The highest BCUT2D eigenvalue weighted by atomic mass is 19.4. The van der Waals surface area contributed by atoms with Crippen LogP contribution in [0.2, 0.25) is 0 Å². The van der Waals surface area contributed by atoms with E-state index in [4.69, 9.17) is 5.11 Å². The summed E-state index contributed by atoms with van der Waals surface area (Å²) in [6.45, 7) is 2.84. The predicted molar refractivity (Wildman–Crippen MR) is 80.1 cm³/mol. The first-order valence-electron chi connectivity index (χ1n) is 7.36. The molecular formula is C15H16F3N3O4. The fraction of sp³-hybridized carbons (Fsp3) is 0.400. The molecule has 0 aromatic carbocycles. The van der Waals surface area contributed by atoms with Crippen molar-refractivity contribution in [2.24, 2.45) is 0 Å². The molecule has 0 spiro atoms. The minimum atomic E-state index is -4.61. The van der Waals surface area contributed by atoms with Crippen molar-refractivity contribution in [3.05, 3.63) is 35.3 Å². The van der Waals surface area contributed by atoms with Crippen LogP contribution in [-0.2, 0) is 17.4 Å². The number of nitrogens with one attached hydrogen (secondary N) is 1. The average molecular weight is 359 g/mol. The molecule has 7 nitrogen and oxygen atoms in total. The van der Waals surface area contributed by atoms with Gasteiger partial charge in [0.1, 0.15) is 11.3 Å². The summed E-state index contributed by atoms with van der Waals surface area (Å²) >= 11 is 0. The summed E-state index contributed by atoms with van der Waals surface area (Å²) in [6, 6.07) is 0.370. The molecule has 2 aromatic rings. The number of aliphatic carboxylic acids is 1.